The Kier molecular flexibility index (Phi) is 10.1. The number of alkyl halides is 3. The summed E-state index contributed by atoms with van der Waals surface area (Å²) in [5.41, 5.74) is 6.44. The molecule has 1 fully saturated rings. The fourth-order valence-electron chi connectivity index (χ4n) is 4.93. The van der Waals surface area contributed by atoms with E-state index < -0.39 is 29.8 Å². The number of fused-ring (bicyclic) bond motifs is 1. The average molecular weight is 639 g/mol. The molecule has 0 aliphatic heterocycles. The van der Waals surface area contributed by atoms with Gasteiger partial charge in [0.15, 0.2) is 11.5 Å². The van der Waals surface area contributed by atoms with Crippen LogP contribution in [0.4, 0.5) is 29.3 Å². The van der Waals surface area contributed by atoms with Gasteiger partial charge in [-0.2, -0.15) is 13.2 Å². The molecular formula is C33H33F3N4O6. The number of urea groups is 1. The van der Waals surface area contributed by atoms with E-state index in [4.69, 9.17) is 24.7 Å². The number of hydrogen-bond acceptors (Lipinski definition) is 8. The fraction of sp³-hybridized carbons (Fsp3) is 0.303. The first-order chi connectivity index (χ1) is 22.1. The van der Waals surface area contributed by atoms with Crippen molar-refractivity contribution in [3.63, 3.8) is 0 Å². The molecule has 1 saturated carbocycles. The molecule has 5 rings (SSSR count). The minimum absolute atomic E-state index is 0.0487. The number of ether oxygens (including phenoxy) is 4. The number of carbonyl (C=O) groups is 2. The predicted molar refractivity (Wildman–Crippen MR) is 165 cm³/mol. The zero-order valence-electron chi connectivity index (χ0n) is 24.9. The van der Waals surface area contributed by atoms with Gasteiger partial charge in [-0.05, 0) is 86.3 Å². The number of methoxy groups -OCH3 is 1. The topological polar surface area (TPSA) is 134 Å². The summed E-state index contributed by atoms with van der Waals surface area (Å²) in [4.78, 5) is 29.0. The van der Waals surface area contributed by atoms with E-state index in [-0.39, 0.29) is 24.8 Å². The lowest BCUT2D eigenvalue weighted by atomic mass is 10.1. The number of nitrogens with two attached hydrogens (primary N) is 1. The predicted octanol–water partition coefficient (Wildman–Crippen LogP) is 7.28. The molecule has 13 heteroatoms. The number of carbonyl (C=O) groups excluding carboxylic acids is 2. The number of rotatable bonds is 11. The Morgan fingerprint density at radius 1 is 0.935 bits per heavy atom. The van der Waals surface area contributed by atoms with Crippen molar-refractivity contribution in [2.24, 2.45) is 5.73 Å². The van der Waals surface area contributed by atoms with E-state index in [1.165, 1.54) is 19.2 Å². The van der Waals surface area contributed by atoms with E-state index in [2.05, 4.69) is 15.6 Å². The second-order valence-electron chi connectivity index (χ2n) is 10.7. The van der Waals surface area contributed by atoms with Crippen LogP contribution in [-0.2, 0) is 15.7 Å². The third kappa shape index (κ3) is 8.36. The van der Waals surface area contributed by atoms with Crippen molar-refractivity contribution in [2.45, 2.75) is 50.4 Å². The number of anilines is 2. The highest BCUT2D eigenvalue weighted by molar-refractivity contribution is 5.99. The lowest BCUT2D eigenvalue weighted by molar-refractivity contribution is -0.150. The van der Waals surface area contributed by atoms with Crippen molar-refractivity contribution in [2.75, 3.05) is 24.4 Å². The smallest absolute Gasteiger partial charge is 0.416 e. The van der Waals surface area contributed by atoms with Crippen LogP contribution in [0.2, 0.25) is 0 Å². The number of esters is 1. The van der Waals surface area contributed by atoms with Crippen LogP contribution in [0.25, 0.3) is 10.9 Å². The van der Waals surface area contributed by atoms with Gasteiger partial charge in [0.1, 0.15) is 23.6 Å². The Hall–Kier alpha value is -5.04. The maximum absolute atomic E-state index is 12.8. The molecule has 0 spiro atoms. The van der Waals surface area contributed by atoms with Crippen molar-refractivity contribution in [3.05, 3.63) is 78.5 Å². The molecule has 0 saturated heterocycles. The normalized spacial score (nSPS) is 14.0. The number of benzene rings is 3. The Bertz CT molecular complexity index is 1660. The van der Waals surface area contributed by atoms with E-state index in [1.54, 1.807) is 48.7 Å². The van der Waals surface area contributed by atoms with Gasteiger partial charge < -0.3 is 35.3 Å². The summed E-state index contributed by atoms with van der Waals surface area (Å²) in [5.74, 6) is 1.41. The molecule has 1 atom stereocenters. The maximum Gasteiger partial charge on any atom is 0.416 e. The molecule has 0 unspecified atom stereocenters. The largest absolute Gasteiger partial charge is 0.493 e. The zero-order chi connectivity index (χ0) is 32.7. The number of amides is 2. The molecule has 10 nitrogen and oxygen atoms in total. The number of nitrogens with zero attached hydrogens (tertiary/aromatic N) is 1. The molecule has 1 aliphatic rings. The van der Waals surface area contributed by atoms with E-state index >= 15 is 0 Å². The third-order valence-corrected chi connectivity index (χ3v) is 7.37. The summed E-state index contributed by atoms with van der Waals surface area (Å²) in [7, 11) is 1.51. The molecule has 242 valence electrons. The van der Waals surface area contributed by atoms with Gasteiger partial charge in [0.2, 0.25) is 0 Å². The van der Waals surface area contributed by atoms with E-state index in [0.717, 1.165) is 37.8 Å². The highest BCUT2D eigenvalue weighted by Crippen LogP contribution is 2.37. The van der Waals surface area contributed by atoms with Crippen LogP contribution in [0.5, 0.6) is 23.0 Å². The van der Waals surface area contributed by atoms with Gasteiger partial charge in [0.05, 0.1) is 24.8 Å². The Balaban J connectivity index is 1.18. The molecule has 1 heterocycles. The Morgan fingerprint density at radius 3 is 2.22 bits per heavy atom. The minimum Gasteiger partial charge on any atom is -0.493 e. The van der Waals surface area contributed by atoms with Crippen molar-refractivity contribution in [1.29, 1.82) is 0 Å². The Labute approximate surface area is 263 Å². The number of pyridine rings is 1. The molecule has 1 aliphatic carbocycles. The summed E-state index contributed by atoms with van der Waals surface area (Å²) >= 11 is 0. The fourth-order valence-corrected chi connectivity index (χ4v) is 4.93. The second-order valence-corrected chi connectivity index (χ2v) is 10.7. The monoisotopic (exact) mass is 638 g/mol. The van der Waals surface area contributed by atoms with Crippen LogP contribution >= 0.6 is 0 Å². The lowest BCUT2D eigenvalue weighted by Gasteiger charge is -2.17. The van der Waals surface area contributed by atoms with Gasteiger partial charge in [-0.3, -0.25) is 9.78 Å². The highest BCUT2D eigenvalue weighted by atomic mass is 19.4. The number of aromatic nitrogens is 1. The average Bonchev–Trinajstić information content (AvgIpc) is 3.54. The summed E-state index contributed by atoms with van der Waals surface area (Å²) < 4.78 is 61.3. The zero-order valence-corrected chi connectivity index (χ0v) is 24.9. The third-order valence-electron chi connectivity index (χ3n) is 7.37. The first-order valence-electron chi connectivity index (χ1n) is 14.7. The number of halogens is 3. The highest BCUT2D eigenvalue weighted by Gasteiger charge is 2.30. The second kappa shape index (κ2) is 14.4. The molecule has 0 radical (unpaired) electrons. The minimum atomic E-state index is -4.46. The molecular weight excluding hydrogens is 605 g/mol. The van der Waals surface area contributed by atoms with Crippen LogP contribution in [0.3, 0.4) is 0 Å². The molecule has 46 heavy (non-hydrogen) atoms. The standard InChI is InChI=1S/C33H33F3N4O6/c1-43-29-18-25-27(19-30(29)44-17-15-26(37)31(41)46-23-4-2-3-5-23)38-16-14-28(25)45-24-12-10-22(11-13-24)40-32(42)39-21-8-6-20(7-9-21)33(34,35)36/h6-14,16,18-19,23,26H,2-5,15,17,37H2,1H3,(H2,39,40,42)/t26-/m0/s1. The molecule has 4 aromatic rings. The lowest BCUT2D eigenvalue weighted by Crippen LogP contribution is -2.35. The van der Waals surface area contributed by atoms with Gasteiger partial charge in [0.25, 0.3) is 0 Å². The number of hydrogen-bond donors (Lipinski definition) is 3. The van der Waals surface area contributed by atoms with Crippen molar-refractivity contribution >= 4 is 34.3 Å². The van der Waals surface area contributed by atoms with Crippen LogP contribution in [-0.4, -0.2) is 42.8 Å². The van der Waals surface area contributed by atoms with Gasteiger partial charge >= 0.3 is 18.2 Å². The van der Waals surface area contributed by atoms with Crippen molar-refractivity contribution in [3.8, 4) is 23.0 Å². The first-order valence-corrected chi connectivity index (χ1v) is 14.7. The van der Waals surface area contributed by atoms with Gasteiger partial charge in [0, 0.05) is 35.4 Å². The molecule has 4 N–H and O–H groups in total. The number of nitrogens with one attached hydrogen (secondary N) is 2. The van der Waals surface area contributed by atoms with Crippen LogP contribution in [0.15, 0.2) is 72.9 Å². The van der Waals surface area contributed by atoms with E-state index in [9.17, 15) is 22.8 Å². The van der Waals surface area contributed by atoms with Gasteiger partial charge in [-0.1, -0.05) is 0 Å². The van der Waals surface area contributed by atoms with E-state index in [0.29, 0.717) is 39.6 Å². The van der Waals surface area contributed by atoms with Crippen LogP contribution in [0.1, 0.15) is 37.7 Å². The van der Waals surface area contributed by atoms with Gasteiger partial charge in [-0.15, -0.1) is 0 Å². The van der Waals surface area contributed by atoms with Crippen molar-refractivity contribution in [1.82, 2.24) is 4.98 Å². The molecule has 2 amide bonds. The summed E-state index contributed by atoms with van der Waals surface area (Å²) in [6.07, 6.45) is 1.21. The van der Waals surface area contributed by atoms with Crippen LogP contribution in [0, 0.1) is 0 Å². The maximum atomic E-state index is 12.8. The molecule has 1 aromatic heterocycles. The summed E-state index contributed by atoms with van der Waals surface area (Å²) in [6.45, 7) is 0.168. The van der Waals surface area contributed by atoms with Crippen LogP contribution < -0.4 is 30.6 Å². The summed E-state index contributed by atoms with van der Waals surface area (Å²) in [5, 5.41) is 5.77. The molecule has 3 aromatic carbocycles. The van der Waals surface area contributed by atoms with Crippen molar-refractivity contribution < 1.29 is 41.7 Å². The first kappa shape index (κ1) is 32.4. The van der Waals surface area contributed by atoms with E-state index in [1.807, 2.05) is 0 Å². The SMILES string of the molecule is COc1cc2c(Oc3ccc(NC(=O)Nc4ccc(C(F)(F)F)cc4)cc3)ccnc2cc1OCC[C@H](N)C(=O)OC1CCCC1. The van der Waals surface area contributed by atoms with Gasteiger partial charge in [-0.25, -0.2) is 4.79 Å². The Morgan fingerprint density at radius 2 is 1.59 bits per heavy atom. The summed E-state index contributed by atoms with van der Waals surface area (Å²) in [6, 6.07) is 14.4. The quantitative estimate of drug-likeness (QED) is 0.146. The molecule has 0 bridgehead atoms.